The lowest BCUT2D eigenvalue weighted by molar-refractivity contribution is -0.137. The Bertz CT molecular complexity index is 1270. The van der Waals surface area contributed by atoms with E-state index in [0.717, 1.165) is 49.3 Å². The highest BCUT2D eigenvalue weighted by atomic mass is 32.2. The summed E-state index contributed by atoms with van der Waals surface area (Å²) < 4.78 is 68.3. The Labute approximate surface area is 219 Å². The van der Waals surface area contributed by atoms with Crippen LogP contribution in [0, 0.1) is 11.8 Å². The van der Waals surface area contributed by atoms with Gasteiger partial charge < -0.3 is 10.6 Å². The van der Waals surface area contributed by atoms with Gasteiger partial charge >= 0.3 is 6.18 Å². The van der Waals surface area contributed by atoms with E-state index in [4.69, 9.17) is 4.99 Å². The maximum Gasteiger partial charge on any atom is 0.417 e. The van der Waals surface area contributed by atoms with Crippen LogP contribution >= 0.6 is 0 Å². The second-order valence-electron chi connectivity index (χ2n) is 10.6. The van der Waals surface area contributed by atoms with Crippen LogP contribution < -0.4 is 10.6 Å². The van der Waals surface area contributed by atoms with Crippen molar-refractivity contribution in [2.75, 3.05) is 18.4 Å². The Morgan fingerprint density at radius 1 is 1.11 bits per heavy atom. The van der Waals surface area contributed by atoms with Crippen LogP contribution in [0.15, 0.2) is 28.6 Å². The van der Waals surface area contributed by atoms with Crippen molar-refractivity contribution >= 4 is 39.4 Å². The summed E-state index contributed by atoms with van der Waals surface area (Å²) in [6.07, 6.45) is 3.37. The molecule has 5 rings (SSSR count). The van der Waals surface area contributed by atoms with Crippen LogP contribution in [0.3, 0.4) is 0 Å². The van der Waals surface area contributed by atoms with Crippen LogP contribution in [0.25, 0.3) is 6.08 Å². The van der Waals surface area contributed by atoms with E-state index < -0.39 is 27.3 Å². The lowest BCUT2D eigenvalue weighted by Gasteiger charge is -2.34. The van der Waals surface area contributed by atoms with Crippen LogP contribution in [-0.2, 0) is 25.8 Å². The van der Waals surface area contributed by atoms with E-state index in [0.29, 0.717) is 18.7 Å². The maximum absolute atomic E-state index is 13.7. The summed E-state index contributed by atoms with van der Waals surface area (Å²) in [7, 11) is -4.04. The number of anilines is 1. The first-order valence-corrected chi connectivity index (χ1v) is 14.6. The van der Waals surface area contributed by atoms with Gasteiger partial charge in [-0.05, 0) is 62.3 Å². The third-order valence-corrected chi connectivity index (χ3v) is 9.46. The van der Waals surface area contributed by atoms with Crippen molar-refractivity contribution in [3.05, 3.63) is 34.7 Å². The average Bonchev–Trinajstić information content (AvgIpc) is 3.69. The molecule has 1 saturated heterocycles. The number of hydrogen-bond donors (Lipinski definition) is 2. The number of hydrogen-bond acceptors (Lipinski definition) is 5. The Hall–Kier alpha value is -2.73. The van der Waals surface area contributed by atoms with Gasteiger partial charge in [0.25, 0.3) is 5.91 Å². The summed E-state index contributed by atoms with van der Waals surface area (Å²) in [4.78, 5) is 29.5. The molecule has 3 fully saturated rings. The second-order valence-corrected chi connectivity index (χ2v) is 12.4. The van der Waals surface area contributed by atoms with Crippen LogP contribution in [0.2, 0.25) is 0 Å². The molecule has 4 aliphatic rings. The molecule has 8 nitrogen and oxygen atoms in total. The molecule has 0 unspecified atom stereocenters. The molecule has 2 aliphatic carbocycles. The quantitative estimate of drug-likeness (QED) is 0.549. The topological polar surface area (TPSA) is 108 Å². The SMILES string of the molecule is O=C(Nc1ccc(C=CS(=O)(=O)N2CCC3(CC2)N=C(C2CCCCC2)NC3=O)c(C(F)(F)F)c1)C1CC1. The highest BCUT2D eigenvalue weighted by molar-refractivity contribution is 7.92. The Kier molecular flexibility index (Phi) is 7.14. The van der Waals surface area contributed by atoms with Gasteiger partial charge in [-0.3, -0.25) is 14.6 Å². The number of nitrogens with one attached hydrogen (secondary N) is 2. The van der Waals surface area contributed by atoms with Crippen molar-refractivity contribution in [1.82, 2.24) is 9.62 Å². The number of nitrogens with zero attached hydrogens (tertiary/aromatic N) is 2. The van der Waals surface area contributed by atoms with Gasteiger partial charge in [0.2, 0.25) is 15.9 Å². The molecule has 0 atom stereocenters. The van der Waals surface area contributed by atoms with Crippen LogP contribution in [0.4, 0.5) is 18.9 Å². The fraction of sp³-hybridized carbons (Fsp3) is 0.577. The number of benzene rings is 1. The number of piperidine rings is 1. The summed E-state index contributed by atoms with van der Waals surface area (Å²) >= 11 is 0. The Morgan fingerprint density at radius 2 is 1.79 bits per heavy atom. The van der Waals surface area contributed by atoms with Crippen molar-refractivity contribution in [1.29, 1.82) is 0 Å². The molecule has 2 heterocycles. The van der Waals surface area contributed by atoms with Gasteiger partial charge in [0.1, 0.15) is 11.4 Å². The zero-order valence-corrected chi connectivity index (χ0v) is 21.7. The highest BCUT2D eigenvalue weighted by Crippen LogP contribution is 2.37. The summed E-state index contributed by atoms with van der Waals surface area (Å²) in [6.45, 7) is 0.0829. The summed E-state index contributed by atoms with van der Waals surface area (Å²) in [5.41, 5.74) is -2.33. The van der Waals surface area contributed by atoms with Crippen LogP contribution in [-0.4, -0.2) is 49.0 Å². The standard InChI is InChI=1S/C26H31F3N4O4S/c27-26(28,29)21-16-20(30-23(34)19-6-7-19)9-8-17(21)10-15-38(36,37)33-13-11-25(12-14-33)24(35)31-22(32-25)18-4-2-1-3-5-18/h8-10,15-16,18-19H,1-7,11-14H2,(H,30,34)(H,31,32,35). The van der Waals surface area contributed by atoms with Crippen molar-refractivity contribution in [3.63, 3.8) is 0 Å². The molecule has 2 amide bonds. The number of alkyl halides is 3. The molecular formula is C26H31F3N4O4S. The minimum Gasteiger partial charge on any atom is -0.326 e. The smallest absolute Gasteiger partial charge is 0.326 e. The van der Waals surface area contributed by atoms with Gasteiger partial charge in [-0.2, -0.15) is 17.5 Å². The van der Waals surface area contributed by atoms with E-state index >= 15 is 0 Å². The highest BCUT2D eigenvalue weighted by Gasteiger charge is 2.48. The Balaban J connectivity index is 1.28. The van der Waals surface area contributed by atoms with E-state index in [1.54, 1.807) is 0 Å². The third-order valence-electron chi connectivity index (χ3n) is 7.89. The number of carbonyl (C=O) groups excluding carboxylic acids is 2. The molecule has 2 aliphatic heterocycles. The maximum atomic E-state index is 13.7. The number of amides is 2. The predicted octanol–water partition coefficient (Wildman–Crippen LogP) is 4.30. The molecule has 0 aromatic heterocycles. The molecule has 0 bridgehead atoms. The van der Waals surface area contributed by atoms with E-state index in [2.05, 4.69) is 10.6 Å². The number of rotatable bonds is 6. The zero-order chi connectivity index (χ0) is 27.1. The fourth-order valence-corrected chi connectivity index (χ4v) is 6.60. The monoisotopic (exact) mass is 552 g/mol. The largest absolute Gasteiger partial charge is 0.417 e. The van der Waals surface area contributed by atoms with Crippen molar-refractivity contribution in [3.8, 4) is 0 Å². The lowest BCUT2D eigenvalue weighted by Crippen LogP contribution is -2.50. The van der Waals surface area contributed by atoms with Crippen LogP contribution in [0.5, 0.6) is 0 Å². The average molecular weight is 553 g/mol. The number of amidine groups is 1. The number of sulfonamides is 1. The molecule has 12 heteroatoms. The van der Waals surface area contributed by atoms with E-state index in [1.807, 2.05) is 0 Å². The van der Waals surface area contributed by atoms with E-state index in [-0.39, 0.29) is 60.8 Å². The predicted molar refractivity (Wildman–Crippen MR) is 136 cm³/mol. The summed E-state index contributed by atoms with van der Waals surface area (Å²) in [5, 5.41) is 6.18. The molecule has 38 heavy (non-hydrogen) atoms. The fourth-order valence-electron chi connectivity index (χ4n) is 5.42. The minimum atomic E-state index is -4.74. The van der Waals surface area contributed by atoms with Gasteiger partial charge in [0.05, 0.1) is 5.56 Å². The normalized spacial score (nSPS) is 23.0. The van der Waals surface area contributed by atoms with E-state index in [1.165, 1.54) is 16.8 Å². The molecule has 2 N–H and O–H groups in total. The minimum absolute atomic E-state index is 0.0125. The van der Waals surface area contributed by atoms with Crippen molar-refractivity contribution in [2.45, 2.75) is 69.5 Å². The number of halogens is 3. The molecule has 0 radical (unpaired) electrons. The van der Waals surface area contributed by atoms with Gasteiger partial charge in [-0.15, -0.1) is 0 Å². The van der Waals surface area contributed by atoms with Gasteiger partial charge in [0.15, 0.2) is 0 Å². The third kappa shape index (κ3) is 5.66. The molecule has 1 spiro atoms. The van der Waals surface area contributed by atoms with E-state index in [9.17, 15) is 31.2 Å². The number of carbonyl (C=O) groups is 2. The summed E-state index contributed by atoms with van der Waals surface area (Å²) in [6, 6.07) is 3.29. The van der Waals surface area contributed by atoms with Crippen molar-refractivity contribution < 1.29 is 31.2 Å². The van der Waals surface area contributed by atoms with Gasteiger partial charge in [-0.25, -0.2) is 8.42 Å². The first-order valence-electron chi connectivity index (χ1n) is 13.1. The zero-order valence-electron chi connectivity index (χ0n) is 20.9. The second kappa shape index (κ2) is 10.1. The molecule has 1 aromatic rings. The molecule has 2 saturated carbocycles. The molecular weight excluding hydrogens is 521 g/mol. The Morgan fingerprint density at radius 3 is 2.42 bits per heavy atom. The lowest BCUT2D eigenvalue weighted by atomic mass is 9.88. The number of aliphatic imine (C=N–C) groups is 1. The molecule has 1 aromatic carbocycles. The van der Waals surface area contributed by atoms with Crippen molar-refractivity contribution in [2.24, 2.45) is 16.8 Å². The first-order chi connectivity index (χ1) is 18.0. The summed E-state index contributed by atoms with van der Waals surface area (Å²) in [5.74, 6) is 0.250. The van der Waals surface area contributed by atoms with Gasteiger partial charge in [-0.1, -0.05) is 25.3 Å². The molecule has 206 valence electrons. The van der Waals surface area contributed by atoms with Gasteiger partial charge in [0, 0.05) is 36.0 Å². The van der Waals surface area contributed by atoms with Crippen LogP contribution in [0.1, 0.15) is 68.9 Å². The first kappa shape index (κ1) is 26.9.